The predicted octanol–water partition coefficient (Wildman–Crippen LogP) is 3.14. The molecule has 1 aliphatic carbocycles. The summed E-state index contributed by atoms with van der Waals surface area (Å²) in [4.78, 5) is 11.6. The lowest BCUT2D eigenvalue weighted by atomic mass is 9.83. The van der Waals surface area contributed by atoms with Gasteiger partial charge in [0.15, 0.2) is 5.78 Å². The number of Topliss-reactive ketones (excluding diaryl/α,β-unsaturated/α-hetero) is 1. The molecule has 0 heterocycles. The van der Waals surface area contributed by atoms with E-state index in [-0.39, 0.29) is 18.2 Å². The molecule has 1 fully saturated rings. The van der Waals surface area contributed by atoms with Crippen molar-refractivity contribution in [1.82, 2.24) is 0 Å². The number of hydrogen-bond donors (Lipinski definition) is 0. The Kier molecular flexibility index (Phi) is 4.88. The van der Waals surface area contributed by atoms with Crippen molar-refractivity contribution in [3.63, 3.8) is 0 Å². The molecule has 0 amide bonds. The van der Waals surface area contributed by atoms with Crippen LogP contribution in [0.1, 0.15) is 31.2 Å². The number of halogens is 1. The highest BCUT2D eigenvalue weighted by atomic mass is 19.1. The zero-order valence-corrected chi connectivity index (χ0v) is 10.5. The molecule has 1 aliphatic rings. The van der Waals surface area contributed by atoms with E-state index in [1.807, 2.05) is 0 Å². The molecule has 1 aromatic rings. The standard InChI is InChI=1S/C15H19FO2/c16-14-6-4-13(5-7-14)10-15(17)11-18-9-8-12-2-1-3-12/h4-7,12H,1-3,8-11H2. The van der Waals surface area contributed by atoms with Crippen molar-refractivity contribution in [3.05, 3.63) is 35.6 Å². The Morgan fingerprint density at radius 2 is 2.00 bits per heavy atom. The molecule has 1 saturated carbocycles. The minimum Gasteiger partial charge on any atom is -0.374 e. The Balaban J connectivity index is 1.60. The van der Waals surface area contributed by atoms with Gasteiger partial charge in [-0.15, -0.1) is 0 Å². The SMILES string of the molecule is O=C(COCCC1CCC1)Cc1ccc(F)cc1. The van der Waals surface area contributed by atoms with Gasteiger partial charge in [-0.1, -0.05) is 31.4 Å². The number of carbonyl (C=O) groups excluding carboxylic acids is 1. The van der Waals surface area contributed by atoms with E-state index in [9.17, 15) is 9.18 Å². The smallest absolute Gasteiger partial charge is 0.162 e. The van der Waals surface area contributed by atoms with Crippen LogP contribution in [0.2, 0.25) is 0 Å². The molecule has 0 saturated heterocycles. The molecule has 0 atom stereocenters. The number of hydrogen-bond acceptors (Lipinski definition) is 2. The molecule has 0 bridgehead atoms. The van der Waals surface area contributed by atoms with Crippen LogP contribution >= 0.6 is 0 Å². The molecule has 0 radical (unpaired) electrons. The highest BCUT2D eigenvalue weighted by Gasteiger charge is 2.16. The van der Waals surface area contributed by atoms with Gasteiger partial charge in [-0.25, -0.2) is 4.39 Å². The van der Waals surface area contributed by atoms with Gasteiger partial charge in [-0.2, -0.15) is 0 Å². The third kappa shape index (κ3) is 4.22. The maximum atomic E-state index is 12.7. The first-order valence-corrected chi connectivity index (χ1v) is 6.58. The number of rotatable bonds is 7. The van der Waals surface area contributed by atoms with Crippen LogP contribution in [0, 0.1) is 11.7 Å². The van der Waals surface area contributed by atoms with Crippen molar-refractivity contribution in [2.75, 3.05) is 13.2 Å². The Morgan fingerprint density at radius 3 is 2.61 bits per heavy atom. The van der Waals surface area contributed by atoms with E-state index in [2.05, 4.69) is 0 Å². The van der Waals surface area contributed by atoms with Gasteiger partial charge in [-0.3, -0.25) is 4.79 Å². The highest BCUT2D eigenvalue weighted by Crippen LogP contribution is 2.29. The lowest BCUT2D eigenvalue weighted by Gasteiger charge is -2.24. The quantitative estimate of drug-likeness (QED) is 0.695. The van der Waals surface area contributed by atoms with Crippen molar-refractivity contribution < 1.29 is 13.9 Å². The first-order valence-electron chi connectivity index (χ1n) is 6.58. The largest absolute Gasteiger partial charge is 0.374 e. The summed E-state index contributed by atoms with van der Waals surface area (Å²) in [5, 5.41) is 0. The van der Waals surface area contributed by atoms with Crippen molar-refractivity contribution in [2.24, 2.45) is 5.92 Å². The summed E-state index contributed by atoms with van der Waals surface area (Å²) in [6.45, 7) is 0.851. The molecule has 0 aromatic heterocycles. The van der Waals surface area contributed by atoms with Gasteiger partial charge >= 0.3 is 0 Å². The summed E-state index contributed by atoms with van der Waals surface area (Å²) in [6, 6.07) is 6.03. The fourth-order valence-electron chi connectivity index (χ4n) is 2.10. The first kappa shape index (κ1) is 13.2. The van der Waals surface area contributed by atoms with Crippen molar-refractivity contribution in [3.8, 4) is 0 Å². The van der Waals surface area contributed by atoms with Gasteiger partial charge in [0, 0.05) is 13.0 Å². The van der Waals surface area contributed by atoms with E-state index in [0.717, 1.165) is 17.9 Å². The van der Waals surface area contributed by atoms with Gasteiger partial charge in [0.2, 0.25) is 0 Å². The number of carbonyl (C=O) groups is 1. The number of ether oxygens (including phenoxy) is 1. The Labute approximate surface area is 107 Å². The fraction of sp³-hybridized carbons (Fsp3) is 0.533. The molecular formula is C15H19FO2. The summed E-state index contributed by atoms with van der Waals surface area (Å²) < 4.78 is 18.1. The predicted molar refractivity (Wildman–Crippen MR) is 67.9 cm³/mol. The minimum absolute atomic E-state index is 0.0511. The summed E-state index contributed by atoms with van der Waals surface area (Å²) in [5.41, 5.74) is 0.837. The van der Waals surface area contributed by atoms with E-state index in [0.29, 0.717) is 13.0 Å². The molecule has 0 N–H and O–H groups in total. The zero-order chi connectivity index (χ0) is 12.8. The van der Waals surface area contributed by atoms with Crippen LogP contribution in [0.4, 0.5) is 4.39 Å². The average Bonchev–Trinajstić information content (AvgIpc) is 2.29. The maximum Gasteiger partial charge on any atom is 0.162 e. The molecule has 98 valence electrons. The zero-order valence-electron chi connectivity index (χ0n) is 10.5. The van der Waals surface area contributed by atoms with Crippen LogP contribution in [-0.2, 0) is 16.0 Å². The van der Waals surface area contributed by atoms with Crippen molar-refractivity contribution in [1.29, 1.82) is 0 Å². The first-order chi connectivity index (χ1) is 8.74. The topological polar surface area (TPSA) is 26.3 Å². The summed E-state index contributed by atoms with van der Waals surface area (Å²) in [7, 11) is 0. The molecule has 2 nitrogen and oxygen atoms in total. The summed E-state index contributed by atoms with van der Waals surface area (Å²) in [5.74, 6) is 0.593. The maximum absolute atomic E-state index is 12.7. The highest BCUT2D eigenvalue weighted by molar-refractivity contribution is 5.82. The van der Waals surface area contributed by atoms with Crippen LogP contribution in [0.15, 0.2) is 24.3 Å². The summed E-state index contributed by atoms with van der Waals surface area (Å²) >= 11 is 0. The van der Waals surface area contributed by atoms with Gasteiger partial charge in [0.25, 0.3) is 0 Å². The van der Waals surface area contributed by atoms with Gasteiger partial charge in [0.05, 0.1) is 0 Å². The van der Waals surface area contributed by atoms with Gasteiger partial charge < -0.3 is 4.74 Å². The van der Waals surface area contributed by atoms with Crippen LogP contribution in [0.3, 0.4) is 0 Å². The minimum atomic E-state index is -0.275. The third-order valence-corrected chi connectivity index (χ3v) is 3.47. The second-order valence-electron chi connectivity index (χ2n) is 4.98. The van der Waals surface area contributed by atoms with Crippen molar-refractivity contribution >= 4 is 5.78 Å². The van der Waals surface area contributed by atoms with E-state index in [4.69, 9.17) is 4.74 Å². The van der Waals surface area contributed by atoms with E-state index >= 15 is 0 Å². The Hall–Kier alpha value is -1.22. The molecule has 18 heavy (non-hydrogen) atoms. The molecule has 2 rings (SSSR count). The fourth-order valence-corrected chi connectivity index (χ4v) is 2.10. The summed E-state index contributed by atoms with van der Waals surface area (Å²) in [6.07, 6.45) is 5.36. The van der Waals surface area contributed by atoms with Gasteiger partial charge in [-0.05, 0) is 30.0 Å². The second-order valence-corrected chi connectivity index (χ2v) is 4.98. The lowest BCUT2D eigenvalue weighted by molar-refractivity contribution is -0.123. The Morgan fingerprint density at radius 1 is 1.28 bits per heavy atom. The number of ketones is 1. The molecular weight excluding hydrogens is 231 g/mol. The third-order valence-electron chi connectivity index (χ3n) is 3.47. The normalized spacial score (nSPS) is 15.4. The van der Waals surface area contributed by atoms with E-state index in [1.54, 1.807) is 12.1 Å². The van der Waals surface area contributed by atoms with E-state index < -0.39 is 0 Å². The van der Waals surface area contributed by atoms with Crippen LogP contribution in [-0.4, -0.2) is 19.0 Å². The van der Waals surface area contributed by atoms with Crippen LogP contribution in [0.5, 0.6) is 0 Å². The van der Waals surface area contributed by atoms with Crippen LogP contribution < -0.4 is 0 Å². The monoisotopic (exact) mass is 250 g/mol. The second kappa shape index (κ2) is 6.64. The van der Waals surface area contributed by atoms with Crippen LogP contribution in [0.25, 0.3) is 0 Å². The average molecular weight is 250 g/mol. The van der Waals surface area contributed by atoms with E-state index in [1.165, 1.54) is 31.4 Å². The lowest BCUT2D eigenvalue weighted by Crippen LogP contribution is -2.16. The van der Waals surface area contributed by atoms with Gasteiger partial charge in [0.1, 0.15) is 12.4 Å². The molecule has 0 aliphatic heterocycles. The molecule has 0 spiro atoms. The molecule has 1 aromatic carbocycles. The molecule has 0 unspecified atom stereocenters. The molecule has 3 heteroatoms. The number of benzene rings is 1. The van der Waals surface area contributed by atoms with Crippen molar-refractivity contribution in [2.45, 2.75) is 32.1 Å². The Bertz CT molecular complexity index is 382.